The van der Waals surface area contributed by atoms with E-state index < -0.39 is 0 Å². The molecule has 2 amide bonds. The summed E-state index contributed by atoms with van der Waals surface area (Å²) in [4.78, 5) is 24.5. The number of hydrogen-bond acceptors (Lipinski definition) is 4. The van der Waals surface area contributed by atoms with Crippen molar-refractivity contribution in [3.63, 3.8) is 0 Å². The minimum absolute atomic E-state index is 0.0154. The average molecular weight is 292 g/mol. The van der Waals surface area contributed by atoms with E-state index in [1.165, 1.54) is 0 Å². The van der Waals surface area contributed by atoms with Crippen LogP contribution in [0, 0.1) is 0 Å². The molecule has 6 nitrogen and oxygen atoms in total. The van der Waals surface area contributed by atoms with E-state index in [0.29, 0.717) is 39.1 Å². The van der Waals surface area contributed by atoms with Gasteiger partial charge in [-0.3, -0.25) is 4.79 Å². The molecule has 2 rings (SSSR count). The highest BCUT2D eigenvalue weighted by atomic mass is 16.6. The number of benzene rings is 1. The molecule has 1 N–H and O–H groups in total. The molecule has 1 aliphatic rings. The van der Waals surface area contributed by atoms with Gasteiger partial charge in [0.15, 0.2) is 0 Å². The second-order valence-electron chi connectivity index (χ2n) is 4.80. The van der Waals surface area contributed by atoms with Crippen LogP contribution in [-0.2, 0) is 16.0 Å². The molecule has 1 aromatic rings. The van der Waals surface area contributed by atoms with E-state index >= 15 is 0 Å². The zero-order valence-corrected chi connectivity index (χ0v) is 12.1. The fourth-order valence-corrected chi connectivity index (χ4v) is 2.10. The van der Waals surface area contributed by atoms with Gasteiger partial charge in [0.25, 0.3) is 0 Å². The molecule has 1 aromatic carbocycles. The van der Waals surface area contributed by atoms with Crippen LogP contribution in [0.15, 0.2) is 24.3 Å². The Morgan fingerprint density at radius 2 is 2.14 bits per heavy atom. The summed E-state index contributed by atoms with van der Waals surface area (Å²) in [7, 11) is 1.62. The quantitative estimate of drug-likeness (QED) is 0.820. The molecule has 114 valence electrons. The van der Waals surface area contributed by atoms with Crippen molar-refractivity contribution in [1.82, 2.24) is 10.2 Å². The van der Waals surface area contributed by atoms with Crippen LogP contribution < -0.4 is 10.1 Å². The Balaban J connectivity index is 1.63. The second kappa shape index (κ2) is 7.52. The van der Waals surface area contributed by atoms with Crippen molar-refractivity contribution < 1.29 is 19.1 Å². The third-order valence-corrected chi connectivity index (χ3v) is 3.35. The second-order valence-corrected chi connectivity index (χ2v) is 4.80. The van der Waals surface area contributed by atoms with Gasteiger partial charge >= 0.3 is 6.09 Å². The molecule has 0 bridgehead atoms. The molecule has 21 heavy (non-hydrogen) atoms. The van der Waals surface area contributed by atoms with E-state index in [2.05, 4.69) is 5.32 Å². The van der Waals surface area contributed by atoms with Crippen molar-refractivity contribution in [2.75, 3.05) is 33.4 Å². The molecule has 1 saturated heterocycles. The predicted molar refractivity (Wildman–Crippen MR) is 77.2 cm³/mol. The third-order valence-electron chi connectivity index (χ3n) is 3.35. The van der Waals surface area contributed by atoms with Crippen molar-refractivity contribution in [3.05, 3.63) is 29.8 Å². The number of nitrogens with zero attached hydrogens (tertiary/aromatic N) is 1. The molecule has 6 heteroatoms. The van der Waals surface area contributed by atoms with Crippen molar-refractivity contribution >= 4 is 12.0 Å². The first-order valence-electron chi connectivity index (χ1n) is 7.00. The summed E-state index contributed by atoms with van der Waals surface area (Å²) in [6.45, 7) is 1.98. The summed E-state index contributed by atoms with van der Waals surface area (Å²) in [5, 5.41) is 2.81. The van der Waals surface area contributed by atoms with Crippen LogP contribution in [0.1, 0.15) is 12.0 Å². The lowest BCUT2D eigenvalue weighted by Gasteiger charge is -2.12. The number of cyclic esters (lactones) is 1. The van der Waals surface area contributed by atoms with E-state index in [4.69, 9.17) is 9.47 Å². The van der Waals surface area contributed by atoms with Gasteiger partial charge in [-0.15, -0.1) is 0 Å². The average Bonchev–Trinajstić information content (AvgIpc) is 2.91. The van der Waals surface area contributed by atoms with Crippen LogP contribution in [0.25, 0.3) is 0 Å². The summed E-state index contributed by atoms with van der Waals surface area (Å²) in [5.74, 6) is 0.791. The maximum atomic E-state index is 11.7. The molecule has 0 aliphatic carbocycles. The number of carbonyl (C=O) groups excluding carboxylic acids is 2. The summed E-state index contributed by atoms with van der Waals surface area (Å²) < 4.78 is 9.89. The van der Waals surface area contributed by atoms with Crippen molar-refractivity contribution in [2.24, 2.45) is 0 Å². The number of methoxy groups -OCH3 is 1. The molecular weight excluding hydrogens is 272 g/mol. The fourth-order valence-electron chi connectivity index (χ4n) is 2.10. The summed E-state index contributed by atoms with van der Waals surface area (Å²) in [6, 6.07) is 7.66. The van der Waals surface area contributed by atoms with Gasteiger partial charge in [-0.1, -0.05) is 12.1 Å². The number of hydrogen-bond donors (Lipinski definition) is 1. The smallest absolute Gasteiger partial charge is 0.409 e. The van der Waals surface area contributed by atoms with Gasteiger partial charge < -0.3 is 19.7 Å². The summed E-state index contributed by atoms with van der Waals surface area (Å²) in [6.07, 6.45) is 0.806. The normalized spacial score (nSPS) is 14.0. The van der Waals surface area contributed by atoms with Gasteiger partial charge in [-0.2, -0.15) is 0 Å². The first-order chi connectivity index (χ1) is 10.2. The number of aryl methyl sites for hydroxylation is 1. The first-order valence-corrected chi connectivity index (χ1v) is 7.00. The van der Waals surface area contributed by atoms with Crippen molar-refractivity contribution in [3.8, 4) is 5.75 Å². The van der Waals surface area contributed by atoms with E-state index in [1.807, 2.05) is 24.3 Å². The maximum absolute atomic E-state index is 11.7. The Bertz CT molecular complexity index is 487. The van der Waals surface area contributed by atoms with E-state index in [1.54, 1.807) is 12.0 Å². The highest BCUT2D eigenvalue weighted by Crippen LogP contribution is 2.12. The summed E-state index contributed by atoms with van der Waals surface area (Å²) >= 11 is 0. The van der Waals surface area contributed by atoms with Gasteiger partial charge in [-0.25, -0.2) is 4.79 Å². The monoisotopic (exact) mass is 292 g/mol. The highest BCUT2D eigenvalue weighted by molar-refractivity contribution is 5.76. The lowest BCUT2D eigenvalue weighted by Crippen LogP contribution is -2.35. The van der Waals surface area contributed by atoms with Gasteiger partial charge in [0.2, 0.25) is 5.91 Å². The molecule has 0 saturated carbocycles. The highest BCUT2D eigenvalue weighted by Gasteiger charge is 2.20. The molecule has 0 atom stereocenters. The number of ether oxygens (including phenoxy) is 2. The van der Waals surface area contributed by atoms with Gasteiger partial charge in [0.05, 0.1) is 13.7 Å². The topological polar surface area (TPSA) is 67.9 Å². The van der Waals surface area contributed by atoms with E-state index in [-0.39, 0.29) is 12.0 Å². The number of carbonyl (C=O) groups is 2. The minimum atomic E-state index is -0.303. The SMILES string of the molecule is COc1ccc(CCC(=O)NCCN2CCOC2=O)cc1. The molecule has 1 aliphatic heterocycles. The molecule has 1 fully saturated rings. The van der Waals surface area contributed by atoms with Gasteiger partial charge in [0.1, 0.15) is 12.4 Å². The van der Waals surface area contributed by atoms with E-state index in [9.17, 15) is 9.59 Å². The maximum Gasteiger partial charge on any atom is 0.409 e. The van der Waals surface area contributed by atoms with E-state index in [0.717, 1.165) is 11.3 Å². The van der Waals surface area contributed by atoms with Crippen molar-refractivity contribution in [2.45, 2.75) is 12.8 Å². The van der Waals surface area contributed by atoms with Crippen LogP contribution >= 0.6 is 0 Å². The Morgan fingerprint density at radius 3 is 2.76 bits per heavy atom. The molecular formula is C15H20N2O4. The lowest BCUT2D eigenvalue weighted by atomic mass is 10.1. The Morgan fingerprint density at radius 1 is 1.38 bits per heavy atom. The van der Waals surface area contributed by atoms with Crippen LogP contribution in [0.2, 0.25) is 0 Å². The standard InChI is InChI=1S/C15H20N2O4/c1-20-13-5-2-12(3-6-13)4-7-14(18)16-8-9-17-10-11-21-15(17)19/h2-3,5-6H,4,7-11H2,1H3,(H,16,18). The molecule has 0 aromatic heterocycles. The first kappa shape index (κ1) is 15.2. The predicted octanol–water partition coefficient (Wildman–Crippen LogP) is 1.20. The third kappa shape index (κ3) is 4.66. The lowest BCUT2D eigenvalue weighted by molar-refractivity contribution is -0.121. The van der Waals surface area contributed by atoms with Crippen LogP contribution in [-0.4, -0.2) is 50.3 Å². The van der Waals surface area contributed by atoms with Crippen LogP contribution in [0.4, 0.5) is 4.79 Å². The van der Waals surface area contributed by atoms with Crippen LogP contribution in [0.5, 0.6) is 5.75 Å². The molecule has 0 unspecified atom stereocenters. The molecule has 0 spiro atoms. The number of amides is 2. The van der Waals surface area contributed by atoms with Crippen molar-refractivity contribution in [1.29, 1.82) is 0 Å². The Hall–Kier alpha value is -2.24. The molecule has 0 radical (unpaired) electrons. The Labute approximate surface area is 124 Å². The Kier molecular flexibility index (Phi) is 5.43. The zero-order chi connectivity index (χ0) is 15.1. The minimum Gasteiger partial charge on any atom is -0.497 e. The molecule has 1 heterocycles. The fraction of sp³-hybridized carbons (Fsp3) is 0.467. The number of nitrogens with one attached hydrogen (secondary N) is 1. The zero-order valence-electron chi connectivity index (χ0n) is 12.1. The van der Waals surface area contributed by atoms with Gasteiger partial charge in [0, 0.05) is 19.5 Å². The largest absolute Gasteiger partial charge is 0.497 e. The summed E-state index contributed by atoms with van der Waals surface area (Å²) in [5.41, 5.74) is 1.09. The number of rotatable bonds is 7. The van der Waals surface area contributed by atoms with Crippen LogP contribution in [0.3, 0.4) is 0 Å². The van der Waals surface area contributed by atoms with Gasteiger partial charge in [-0.05, 0) is 24.1 Å².